The van der Waals surface area contributed by atoms with Crippen LogP contribution in [0.25, 0.3) is 11.6 Å². The summed E-state index contributed by atoms with van der Waals surface area (Å²) in [5, 5.41) is 7.98. The Hall–Kier alpha value is -3.32. The number of hydrogen-bond acceptors (Lipinski definition) is 5. The van der Waals surface area contributed by atoms with Crippen LogP contribution in [0, 0.1) is 13.8 Å². The number of aromatic amines is 1. The highest BCUT2D eigenvalue weighted by Crippen LogP contribution is 2.37. The van der Waals surface area contributed by atoms with Crippen molar-refractivity contribution >= 4 is 62.2 Å². The van der Waals surface area contributed by atoms with E-state index in [-0.39, 0.29) is 51.5 Å². The maximum Gasteiger partial charge on any atom is 0.401 e. The van der Waals surface area contributed by atoms with Crippen LogP contribution in [0.15, 0.2) is 41.3 Å². The highest BCUT2D eigenvalue weighted by Gasteiger charge is 2.29. The predicted octanol–water partition coefficient (Wildman–Crippen LogP) is 5.22. The van der Waals surface area contributed by atoms with E-state index >= 15 is 0 Å². The number of aromatic nitrogens is 1. The summed E-state index contributed by atoms with van der Waals surface area (Å²) < 4.78 is 63.2. The second kappa shape index (κ2) is 12.5. The fourth-order valence-electron chi connectivity index (χ4n) is 4.56. The van der Waals surface area contributed by atoms with Gasteiger partial charge in [-0.15, -0.1) is 0 Å². The van der Waals surface area contributed by atoms with Gasteiger partial charge in [-0.25, -0.2) is 8.42 Å². The van der Waals surface area contributed by atoms with Gasteiger partial charge in [-0.05, 0) is 61.4 Å². The summed E-state index contributed by atoms with van der Waals surface area (Å²) in [6.07, 6.45) is -2.76. The molecule has 0 bridgehead atoms. The lowest BCUT2D eigenvalue weighted by Crippen LogP contribution is -2.36. The van der Waals surface area contributed by atoms with E-state index in [4.69, 9.17) is 23.2 Å². The Balaban J connectivity index is 1.53. The molecule has 1 aromatic heterocycles. The molecule has 1 aliphatic heterocycles. The number of alkyl halides is 3. The number of nitrogens with one attached hydrogen (secondary N) is 4. The Morgan fingerprint density at radius 3 is 2.40 bits per heavy atom. The first-order valence-electron chi connectivity index (χ1n) is 12.7. The number of halogens is 5. The van der Waals surface area contributed by atoms with Crippen LogP contribution in [0.5, 0.6) is 0 Å². The van der Waals surface area contributed by atoms with Crippen LogP contribution >= 0.6 is 23.2 Å². The van der Waals surface area contributed by atoms with Crippen LogP contribution in [-0.2, 0) is 31.6 Å². The first-order valence-corrected chi connectivity index (χ1v) is 15.1. The Morgan fingerprint density at radius 1 is 1.05 bits per heavy atom. The molecule has 0 radical (unpaired) electrons. The zero-order chi connectivity index (χ0) is 30.8. The third-order valence-corrected chi connectivity index (χ3v) is 9.09. The first-order chi connectivity index (χ1) is 19.7. The Kier molecular flexibility index (Phi) is 9.41. The molecular formula is C28H27Cl2F3N4O4S. The van der Waals surface area contributed by atoms with Gasteiger partial charge in [-0.3, -0.25) is 9.59 Å². The lowest BCUT2D eigenvalue weighted by atomic mass is 10.0. The minimum Gasteiger partial charge on any atom is -0.359 e. The van der Waals surface area contributed by atoms with Crippen molar-refractivity contribution < 1.29 is 31.2 Å². The average Bonchev–Trinajstić information content (AvgIpc) is 3.35. The van der Waals surface area contributed by atoms with Crippen molar-refractivity contribution in [2.75, 3.05) is 25.0 Å². The Bertz CT molecular complexity index is 1660. The predicted molar refractivity (Wildman–Crippen MR) is 156 cm³/mol. The van der Waals surface area contributed by atoms with Gasteiger partial charge in [0.25, 0.3) is 5.91 Å². The molecule has 224 valence electrons. The van der Waals surface area contributed by atoms with E-state index in [1.807, 2.05) is 0 Å². The number of rotatable bonds is 10. The van der Waals surface area contributed by atoms with Gasteiger partial charge in [-0.2, -0.15) is 13.2 Å². The number of anilines is 1. The zero-order valence-electron chi connectivity index (χ0n) is 22.5. The number of benzene rings is 2. The van der Waals surface area contributed by atoms with Crippen molar-refractivity contribution in [2.24, 2.45) is 0 Å². The van der Waals surface area contributed by atoms with Gasteiger partial charge in [0.1, 0.15) is 0 Å². The van der Waals surface area contributed by atoms with Crippen LogP contribution in [0.3, 0.4) is 0 Å². The molecule has 0 aliphatic carbocycles. The Labute approximate surface area is 250 Å². The molecule has 0 atom stereocenters. The quantitative estimate of drug-likeness (QED) is 0.179. The molecule has 2 amide bonds. The van der Waals surface area contributed by atoms with Crippen molar-refractivity contribution in [3.8, 4) is 0 Å². The van der Waals surface area contributed by atoms with E-state index in [1.54, 1.807) is 38.1 Å². The SMILES string of the molecule is Cc1[nH]c(C=C2C(=O)Nc3ccc(S(=O)(=O)Cc4c(Cl)cccc4Cl)cc32)c(C)c1CC(=O)NCCNCC(F)(F)F. The molecule has 3 aromatic rings. The van der Waals surface area contributed by atoms with Crippen LogP contribution in [0.4, 0.5) is 18.9 Å². The molecular weight excluding hydrogens is 616 g/mol. The highest BCUT2D eigenvalue weighted by atomic mass is 35.5. The summed E-state index contributed by atoms with van der Waals surface area (Å²) >= 11 is 12.4. The summed E-state index contributed by atoms with van der Waals surface area (Å²) in [5.41, 5.74) is 3.95. The van der Waals surface area contributed by atoms with Crippen molar-refractivity contribution in [3.05, 3.63) is 80.1 Å². The number of carbonyl (C=O) groups excluding carboxylic acids is 2. The molecule has 0 saturated heterocycles. The number of fused-ring (bicyclic) bond motifs is 1. The normalized spacial score (nSPS) is 14.3. The largest absolute Gasteiger partial charge is 0.401 e. The van der Waals surface area contributed by atoms with Crippen LogP contribution in [-0.4, -0.2) is 51.0 Å². The summed E-state index contributed by atoms with van der Waals surface area (Å²) in [5.74, 6) is -1.22. The average molecular weight is 644 g/mol. The summed E-state index contributed by atoms with van der Waals surface area (Å²) in [4.78, 5) is 28.4. The lowest BCUT2D eigenvalue weighted by molar-refractivity contribution is -0.124. The number of amides is 2. The van der Waals surface area contributed by atoms with Crippen molar-refractivity contribution in [1.82, 2.24) is 15.6 Å². The van der Waals surface area contributed by atoms with Crippen molar-refractivity contribution in [3.63, 3.8) is 0 Å². The summed E-state index contributed by atoms with van der Waals surface area (Å²) in [7, 11) is -3.88. The second-order valence-electron chi connectivity index (χ2n) is 9.76. The maximum absolute atomic E-state index is 13.3. The molecule has 0 saturated carbocycles. The molecule has 8 nitrogen and oxygen atoms in total. The van der Waals surface area contributed by atoms with Crippen LogP contribution in [0.1, 0.15) is 33.6 Å². The molecule has 2 heterocycles. The van der Waals surface area contributed by atoms with Crippen LogP contribution in [0.2, 0.25) is 10.0 Å². The summed E-state index contributed by atoms with van der Waals surface area (Å²) in [6, 6.07) is 9.07. The molecule has 1 aliphatic rings. The maximum atomic E-state index is 13.3. The summed E-state index contributed by atoms with van der Waals surface area (Å²) in [6.45, 7) is 2.38. The van der Waals surface area contributed by atoms with Gasteiger partial charge in [0.05, 0.1) is 29.2 Å². The highest BCUT2D eigenvalue weighted by molar-refractivity contribution is 7.90. The molecule has 42 heavy (non-hydrogen) atoms. The standard InChI is InChI=1S/C28H27Cl2F3N4O4S/c1-15-18(12-26(38)35-9-8-34-14-28(31,32)33)16(2)36-25(15)11-20-19-10-17(6-7-24(19)37-27(20)39)42(40,41)13-21-22(29)4-3-5-23(21)30/h3-7,10-11,34,36H,8-9,12-14H2,1-2H3,(H,35,38)(H,37,39). The molecule has 14 heteroatoms. The number of H-pyrrole nitrogens is 1. The Morgan fingerprint density at radius 2 is 1.74 bits per heavy atom. The molecule has 4 rings (SSSR count). The topological polar surface area (TPSA) is 120 Å². The van der Waals surface area contributed by atoms with Crippen molar-refractivity contribution in [2.45, 2.75) is 37.1 Å². The van der Waals surface area contributed by atoms with Gasteiger partial charge in [0, 0.05) is 51.3 Å². The van der Waals surface area contributed by atoms with Gasteiger partial charge in [-0.1, -0.05) is 29.3 Å². The van der Waals surface area contributed by atoms with E-state index in [0.29, 0.717) is 33.8 Å². The van der Waals surface area contributed by atoms with E-state index < -0.39 is 34.2 Å². The van der Waals surface area contributed by atoms with Gasteiger partial charge < -0.3 is 20.9 Å². The molecule has 0 fully saturated rings. The van der Waals surface area contributed by atoms with Gasteiger partial charge in [0.15, 0.2) is 9.84 Å². The minimum atomic E-state index is -4.33. The van der Waals surface area contributed by atoms with Gasteiger partial charge in [0.2, 0.25) is 5.91 Å². The van der Waals surface area contributed by atoms with Crippen LogP contribution < -0.4 is 16.0 Å². The van der Waals surface area contributed by atoms with Gasteiger partial charge >= 0.3 is 6.18 Å². The molecule has 4 N–H and O–H groups in total. The second-order valence-corrected chi connectivity index (χ2v) is 12.6. The number of hydrogen-bond donors (Lipinski definition) is 4. The minimum absolute atomic E-state index is 0.0129. The molecule has 2 aromatic carbocycles. The molecule has 0 spiro atoms. The number of carbonyl (C=O) groups is 2. The first kappa shape index (κ1) is 31.6. The zero-order valence-corrected chi connectivity index (χ0v) is 24.8. The number of sulfone groups is 1. The fraction of sp³-hybridized carbons (Fsp3) is 0.286. The smallest absolute Gasteiger partial charge is 0.359 e. The molecule has 0 unspecified atom stereocenters. The third kappa shape index (κ3) is 7.35. The number of aryl methyl sites for hydroxylation is 1. The third-order valence-electron chi connectivity index (χ3n) is 6.74. The van der Waals surface area contributed by atoms with Crippen molar-refractivity contribution in [1.29, 1.82) is 0 Å². The van der Waals surface area contributed by atoms with E-state index in [0.717, 1.165) is 0 Å². The van der Waals surface area contributed by atoms with E-state index in [1.165, 1.54) is 18.2 Å². The van der Waals surface area contributed by atoms with E-state index in [2.05, 4.69) is 20.9 Å². The van der Waals surface area contributed by atoms with E-state index in [9.17, 15) is 31.2 Å². The fourth-order valence-corrected chi connectivity index (χ4v) is 6.68. The monoisotopic (exact) mass is 642 g/mol. The lowest BCUT2D eigenvalue weighted by Gasteiger charge is -2.10.